The summed E-state index contributed by atoms with van der Waals surface area (Å²) >= 11 is 5.25. The van der Waals surface area contributed by atoms with Gasteiger partial charge in [-0.05, 0) is 34.1 Å². The summed E-state index contributed by atoms with van der Waals surface area (Å²) in [5, 5.41) is 8.82. The van der Waals surface area contributed by atoms with Crippen LogP contribution in [-0.4, -0.2) is 33.4 Å². The second-order valence-corrected chi connectivity index (χ2v) is 5.80. The molecule has 0 saturated heterocycles. The maximum absolute atomic E-state index is 5.25. The molecule has 1 N–H and O–H groups in total. The molecule has 1 aromatic heterocycles. The Morgan fingerprint density at radius 1 is 1.17 bits per heavy atom. The standard InChI is InChI=1S/C13H26N4S/c1-6-7-12-14-15-13(18)17(12)9-8-16(10(2)3)11(4)5/h10-11H,6-9H2,1-5H3,(H,15,18). The number of quaternary nitrogens is 1. The molecule has 104 valence electrons. The van der Waals surface area contributed by atoms with E-state index in [-0.39, 0.29) is 0 Å². The molecule has 0 radical (unpaired) electrons. The zero-order chi connectivity index (χ0) is 13.7. The van der Waals surface area contributed by atoms with Gasteiger partial charge in [0.05, 0.1) is 25.2 Å². The first kappa shape index (κ1) is 15.4. The lowest BCUT2D eigenvalue weighted by molar-refractivity contribution is -0.942. The minimum absolute atomic E-state index is 0.629. The third-order valence-electron chi connectivity index (χ3n) is 3.37. The lowest BCUT2D eigenvalue weighted by Gasteiger charge is -2.28. The van der Waals surface area contributed by atoms with Crippen molar-refractivity contribution in [2.75, 3.05) is 6.54 Å². The smallest absolute Gasteiger partial charge is 0.131 e. The minimum atomic E-state index is 0.629. The SMILES string of the molecule is CCCc1nnc([S-])n1CC[NH+](C(C)C)C(C)C. The molecule has 0 saturated carbocycles. The van der Waals surface area contributed by atoms with E-state index in [1.807, 2.05) is 0 Å². The van der Waals surface area contributed by atoms with E-state index in [0.717, 1.165) is 31.8 Å². The van der Waals surface area contributed by atoms with Crippen molar-refractivity contribution < 1.29 is 4.90 Å². The van der Waals surface area contributed by atoms with Crippen molar-refractivity contribution in [2.45, 2.75) is 71.2 Å². The van der Waals surface area contributed by atoms with Crippen LogP contribution in [0.3, 0.4) is 0 Å². The second-order valence-electron chi connectivity index (χ2n) is 5.43. The van der Waals surface area contributed by atoms with Crippen molar-refractivity contribution in [3.63, 3.8) is 0 Å². The first-order valence-electron chi connectivity index (χ1n) is 6.92. The van der Waals surface area contributed by atoms with E-state index in [4.69, 9.17) is 12.6 Å². The van der Waals surface area contributed by atoms with Gasteiger partial charge >= 0.3 is 0 Å². The fraction of sp³-hybridized carbons (Fsp3) is 0.846. The molecule has 1 aromatic rings. The van der Waals surface area contributed by atoms with Gasteiger partial charge in [-0.1, -0.05) is 6.92 Å². The molecule has 1 heterocycles. The lowest BCUT2D eigenvalue weighted by atomic mass is 10.2. The lowest BCUT2D eigenvalue weighted by Crippen LogP contribution is -3.18. The highest BCUT2D eigenvalue weighted by molar-refractivity contribution is 7.58. The fourth-order valence-electron chi connectivity index (χ4n) is 2.44. The molecule has 0 aliphatic carbocycles. The molecular weight excluding hydrogens is 244 g/mol. The monoisotopic (exact) mass is 270 g/mol. The highest BCUT2D eigenvalue weighted by atomic mass is 32.1. The summed E-state index contributed by atoms with van der Waals surface area (Å²) in [6.07, 6.45) is 2.04. The summed E-state index contributed by atoms with van der Waals surface area (Å²) < 4.78 is 2.10. The Morgan fingerprint density at radius 3 is 2.28 bits per heavy atom. The Balaban J connectivity index is 2.69. The van der Waals surface area contributed by atoms with Crippen LogP contribution in [0.2, 0.25) is 0 Å². The van der Waals surface area contributed by atoms with Crippen molar-refractivity contribution in [1.29, 1.82) is 0 Å². The molecule has 0 unspecified atom stereocenters. The zero-order valence-electron chi connectivity index (χ0n) is 12.2. The number of nitrogens with zero attached hydrogens (tertiary/aromatic N) is 3. The fourth-order valence-corrected chi connectivity index (χ4v) is 2.67. The van der Waals surface area contributed by atoms with Gasteiger partial charge in [-0.2, -0.15) is 5.10 Å². The van der Waals surface area contributed by atoms with Gasteiger partial charge in [0.1, 0.15) is 5.82 Å². The third kappa shape index (κ3) is 3.92. The zero-order valence-corrected chi connectivity index (χ0v) is 13.0. The molecular formula is C13H26N4S. The van der Waals surface area contributed by atoms with E-state index < -0.39 is 0 Å². The van der Waals surface area contributed by atoms with Crippen LogP contribution in [0.4, 0.5) is 0 Å². The molecule has 1 rings (SSSR count). The molecule has 5 heteroatoms. The van der Waals surface area contributed by atoms with Crippen LogP contribution in [0.25, 0.3) is 0 Å². The number of nitrogens with one attached hydrogen (secondary N) is 1. The van der Waals surface area contributed by atoms with E-state index in [1.165, 1.54) is 0 Å². The van der Waals surface area contributed by atoms with Gasteiger partial charge in [0.25, 0.3) is 0 Å². The molecule has 0 bridgehead atoms. The van der Waals surface area contributed by atoms with Crippen molar-refractivity contribution in [2.24, 2.45) is 0 Å². The number of aryl methyl sites for hydroxylation is 1. The quantitative estimate of drug-likeness (QED) is 0.746. The Morgan fingerprint density at radius 2 is 1.78 bits per heavy atom. The Hall–Kier alpha value is -0.680. The van der Waals surface area contributed by atoms with Gasteiger partial charge in [-0.15, -0.1) is 5.10 Å². The molecule has 0 aliphatic heterocycles. The highest BCUT2D eigenvalue weighted by Gasteiger charge is 2.17. The number of hydrogen-bond acceptors (Lipinski definition) is 3. The summed E-state index contributed by atoms with van der Waals surface area (Å²) in [6, 6.07) is 1.26. The van der Waals surface area contributed by atoms with Crippen LogP contribution in [-0.2, 0) is 25.6 Å². The van der Waals surface area contributed by atoms with Crippen LogP contribution in [0.5, 0.6) is 0 Å². The molecule has 0 aliphatic rings. The first-order valence-corrected chi connectivity index (χ1v) is 7.32. The van der Waals surface area contributed by atoms with Gasteiger partial charge < -0.3 is 22.1 Å². The topological polar surface area (TPSA) is 35.1 Å². The van der Waals surface area contributed by atoms with Crippen LogP contribution in [0.15, 0.2) is 5.16 Å². The van der Waals surface area contributed by atoms with E-state index in [9.17, 15) is 0 Å². The normalized spacial score (nSPS) is 12.0. The van der Waals surface area contributed by atoms with Gasteiger partial charge in [-0.3, -0.25) is 0 Å². The minimum Gasteiger partial charge on any atom is -0.740 e. The molecule has 0 amide bonds. The molecule has 0 atom stereocenters. The molecule has 0 spiro atoms. The third-order valence-corrected chi connectivity index (χ3v) is 3.68. The summed E-state index contributed by atoms with van der Waals surface area (Å²) in [5.41, 5.74) is 0. The van der Waals surface area contributed by atoms with Crippen molar-refractivity contribution in [3.05, 3.63) is 5.82 Å². The number of rotatable bonds is 7. The van der Waals surface area contributed by atoms with Crippen LogP contribution < -0.4 is 4.90 Å². The van der Waals surface area contributed by atoms with Crippen molar-refractivity contribution in [3.8, 4) is 0 Å². The number of aromatic nitrogens is 3. The van der Waals surface area contributed by atoms with Crippen molar-refractivity contribution >= 4 is 12.6 Å². The average Bonchev–Trinajstić information content (AvgIpc) is 2.61. The van der Waals surface area contributed by atoms with Crippen LogP contribution in [0, 0.1) is 0 Å². The van der Waals surface area contributed by atoms with Crippen LogP contribution in [0.1, 0.15) is 46.9 Å². The Kier molecular flexibility index (Phi) is 6.02. The Labute approximate surface area is 116 Å². The predicted molar refractivity (Wildman–Crippen MR) is 75.7 cm³/mol. The van der Waals surface area contributed by atoms with Gasteiger partial charge in [0.2, 0.25) is 0 Å². The molecule has 0 aromatic carbocycles. The maximum atomic E-state index is 5.25. The summed E-state index contributed by atoms with van der Waals surface area (Å²) in [5.74, 6) is 1.04. The van der Waals surface area contributed by atoms with E-state index in [0.29, 0.717) is 17.2 Å². The highest BCUT2D eigenvalue weighted by Crippen LogP contribution is 2.03. The molecule has 18 heavy (non-hydrogen) atoms. The van der Waals surface area contributed by atoms with E-state index in [1.54, 1.807) is 4.90 Å². The summed E-state index contributed by atoms with van der Waals surface area (Å²) in [4.78, 5) is 1.60. The second kappa shape index (κ2) is 7.04. The van der Waals surface area contributed by atoms with E-state index >= 15 is 0 Å². The van der Waals surface area contributed by atoms with Crippen LogP contribution >= 0.6 is 0 Å². The average molecular weight is 270 g/mol. The summed E-state index contributed by atoms with van der Waals surface area (Å²) in [7, 11) is 0. The largest absolute Gasteiger partial charge is 0.740 e. The Bertz CT molecular complexity index is 352. The maximum Gasteiger partial charge on any atom is 0.131 e. The molecule has 4 nitrogen and oxygen atoms in total. The van der Waals surface area contributed by atoms with Gasteiger partial charge in [-0.25, -0.2) is 0 Å². The summed E-state index contributed by atoms with van der Waals surface area (Å²) in [6.45, 7) is 13.2. The number of hydrogen-bond donors (Lipinski definition) is 1. The first-order chi connectivity index (χ1) is 8.47. The van der Waals surface area contributed by atoms with E-state index in [2.05, 4.69) is 49.4 Å². The van der Waals surface area contributed by atoms with Crippen molar-refractivity contribution in [1.82, 2.24) is 14.8 Å². The predicted octanol–water partition coefficient (Wildman–Crippen LogP) is 0.838. The van der Waals surface area contributed by atoms with Gasteiger partial charge in [0.15, 0.2) is 0 Å². The molecule has 0 fully saturated rings. The van der Waals surface area contributed by atoms with Gasteiger partial charge in [0, 0.05) is 11.6 Å².